The average Bonchev–Trinajstić information content (AvgIpc) is 3.48. The van der Waals surface area contributed by atoms with E-state index in [-0.39, 0.29) is 32.3 Å². The predicted octanol–water partition coefficient (Wildman–Crippen LogP) is 6.22. The number of anilines is 2. The standard InChI is InChI=1S/C19H26FN3O4S.C17H14F3N3O3S/c1-18(2,3)15-11-16(23(6)22-15)21-17(24)19(4,5)28(25,26)12-8-9-14(27-7)13(20)10-12;1-16(2,27(25,26)13-6-3-11(9-21)4-7-13)15(24)23-14-8-5-12(10-22-14)17(18,19)20/h8-11H,1-7H3,(H,21,24);3-8,10H,1-2H3,(H,22,23,24). The van der Waals surface area contributed by atoms with Crippen LogP contribution in [0, 0.1) is 17.1 Å². The summed E-state index contributed by atoms with van der Waals surface area (Å²) in [5.74, 6) is -2.44. The highest BCUT2D eigenvalue weighted by molar-refractivity contribution is 7.94. The number of halogens is 4. The highest BCUT2D eigenvalue weighted by Crippen LogP contribution is 2.32. The maximum Gasteiger partial charge on any atom is 0.417 e. The molecule has 0 fully saturated rings. The second-order valence-corrected chi connectivity index (χ2v) is 19.1. The van der Waals surface area contributed by atoms with Gasteiger partial charge in [0.25, 0.3) is 0 Å². The Morgan fingerprint density at radius 2 is 1.33 bits per heavy atom. The second-order valence-electron chi connectivity index (χ2n) is 14.1. The molecule has 0 aliphatic rings. The Morgan fingerprint density at radius 1 is 0.800 bits per heavy atom. The van der Waals surface area contributed by atoms with E-state index < -0.39 is 58.5 Å². The normalized spacial score (nSPS) is 12.5. The number of nitrogens with zero attached hydrogens (tertiary/aromatic N) is 4. The monoisotopic (exact) mass is 808 g/mol. The van der Waals surface area contributed by atoms with Gasteiger partial charge in [-0.2, -0.15) is 23.5 Å². The molecule has 4 aromatic rings. The lowest BCUT2D eigenvalue weighted by Gasteiger charge is -2.24. The third-order valence-electron chi connectivity index (χ3n) is 8.39. The van der Waals surface area contributed by atoms with Crippen LogP contribution in [0.2, 0.25) is 0 Å². The Labute approximate surface area is 316 Å². The van der Waals surface area contributed by atoms with Crippen LogP contribution in [0.3, 0.4) is 0 Å². The first-order chi connectivity index (χ1) is 25.1. The van der Waals surface area contributed by atoms with E-state index in [2.05, 4.69) is 20.7 Å². The van der Waals surface area contributed by atoms with Gasteiger partial charge in [-0.25, -0.2) is 26.2 Å². The molecule has 19 heteroatoms. The summed E-state index contributed by atoms with van der Waals surface area (Å²) in [4.78, 5) is 28.3. The zero-order valence-corrected chi connectivity index (χ0v) is 33.0. The summed E-state index contributed by atoms with van der Waals surface area (Å²) in [7, 11) is -5.38. The molecule has 13 nitrogen and oxygen atoms in total. The molecule has 4 rings (SSSR count). The van der Waals surface area contributed by atoms with E-state index in [9.17, 15) is 44.0 Å². The molecule has 0 spiro atoms. The third-order valence-corrected chi connectivity index (χ3v) is 13.2. The number of amides is 2. The summed E-state index contributed by atoms with van der Waals surface area (Å²) in [5.41, 5.74) is -0.221. The molecule has 2 amide bonds. The Hall–Kier alpha value is -5.35. The van der Waals surface area contributed by atoms with Gasteiger partial charge in [-0.15, -0.1) is 0 Å². The van der Waals surface area contributed by atoms with Crippen molar-refractivity contribution in [1.82, 2.24) is 14.8 Å². The minimum Gasteiger partial charge on any atom is -0.494 e. The molecule has 0 radical (unpaired) electrons. The number of sulfone groups is 2. The van der Waals surface area contributed by atoms with E-state index in [0.717, 1.165) is 23.9 Å². The second kappa shape index (κ2) is 15.8. The number of hydrogen-bond donors (Lipinski definition) is 2. The van der Waals surface area contributed by atoms with Crippen LogP contribution in [0.25, 0.3) is 0 Å². The number of hydrogen-bond acceptors (Lipinski definition) is 10. The fraction of sp³-hybridized carbons (Fsp3) is 0.361. The number of aryl methyl sites for hydroxylation is 1. The number of nitriles is 1. The van der Waals surface area contributed by atoms with Crippen LogP contribution < -0.4 is 15.4 Å². The molecule has 55 heavy (non-hydrogen) atoms. The predicted molar refractivity (Wildman–Crippen MR) is 195 cm³/mol. The number of aromatic nitrogens is 3. The van der Waals surface area contributed by atoms with Crippen molar-refractivity contribution < 1.29 is 48.7 Å². The van der Waals surface area contributed by atoms with Crippen molar-refractivity contribution >= 4 is 43.1 Å². The lowest BCUT2D eigenvalue weighted by molar-refractivity contribution is -0.137. The molecule has 0 saturated heterocycles. The van der Waals surface area contributed by atoms with Crippen molar-refractivity contribution in [2.45, 2.75) is 79.3 Å². The Morgan fingerprint density at radius 3 is 1.76 bits per heavy atom. The van der Waals surface area contributed by atoms with Gasteiger partial charge in [0.05, 0.1) is 39.8 Å². The molecule has 0 aliphatic carbocycles. The number of ether oxygens (including phenoxy) is 1. The SMILES string of the molecule is CC(C)(C(=O)Nc1ccc(C(F)(F)F)cn1)S(=O)(=O)c1ccc(C#N)cc1.COc1ccc(S(=O)(=O)C(C)(C)C(=O)Nc2cc(C(C)(C)C)nn2C)cc1F. The largest absolute Gasteiger partial charge is 0.494 e. The molecule has 0 aliphatic heterocycles. The van der Waals surface area contributed by atoms with E-state index >= 15 is 0 Å². The van der Waals surface area contributed by atoms with E-state index in [1.54, 1.807) is 13.1 Å². The molecule has 0 bridgehead atoms. The molecule has 2 N–H and O–H groups in total. The van der Waals surface area contributed by atoms with Gasteiger partial charge in [-0.1, -0.05) is 20.8 Å². The fourth-order valence-corrected chi connectivity index (χ4v) is 7.25. The lowest BCUT2D eigenvalue weighted by Crippen LogP contribution is -2.44. The topological polar surface area (TPSA) is 190 Å². The molecular weight excluding hydrogens is 769 g/mol. The Bertz CT molecular complexity index is 2330. The molecule has 0 atom stereocenters. The number of nitrogens with one attached hydrogen (secondary N) is 2. The van der Waals surface area contributed by atoms with Gasteiger partial charge in [0.2, 0.25) is 11.8 Å². The highest BCUT2D eigenvalue weighted by atomic mass is 32.2. The van der Waals surface area contributed by atoms with Crippen molar-refractivity contribution in [1.29, 1.82) is 5.26 Å². The third kappa shape index (κ3) is 9.49. The number of alkyl halides is 3. The number of carbonyl (C=O) groups is 2. The van der Waals surface area contributed by atoms with Crippen LogP contribution in [0.4, 0.5) is 29.2 Å². The van der Waals surface area contributed by atoms with Crippen molar-refractivity contribution in [3.63, 3.8) is 0 Å². The Kier molecular flexibility index (Phi) is 12.6. The van der Waals surface area contributed by atoms with E-state index in [4.69, 9.17) is 10.00 Å². The van der Waals surface area contributed by atoms with Crippen LogP contribution >= 0.6 is 0 Å². The maximum atomic E-state index is 14.0. The van der Waals surface area contributed by atoms with Crippen molar-refractivity contribution in [3.8, 4) is 11.8 Å². The zero-order chi connectivity index (χ0) is 41.9. The lowest BCUT2D eigenvalue weighted by atomic mass is 9.92. The number of pyridine rings is 1. The summed E-state index contributed by atoms with van der Waals surface area (Å²) in [5, 5.41) is 18.0. The number of benzene rings is 2. The molecular formula is C36H40F4N6O7S2. The fourth-order valence-electron chi connectivity index (χ4n) is 4.48. The molecule has 2 aromatic heterocycles. The summed E-state index contributed by atoms with van der Waals surface area (Å²) in [6, 6.07) is 13.5. The molecule has 2 heterocycles. The van der Waals surface area contributed by atoms with Gasteiger partial charge < -0.3 is 15.4 Å². The average molecular weight is 809 g/mol. The first-order valence-corrected chi connectivity index (χ1v) is 19.1. The number of carbonyl (C=O) groups excluding carboxylic acids is 2. The molecule has 2 aromatic carbocycles. The maximum absolute atomic E-state index is 14.0. The quantitative estimate of drug-likeness (QED) is 0.184. The van der Waals surface area contributed by atoms with Gasteiger partial charge in [-0.05, 0) is 82.3 Å². The minimum atomic E-state index is -4.58. The summed E-state index contributed by atoms with van der Waals surface area (Å²) in [6.45, 7) is 10.8. The van der Waals surface area contributed by atoms with Gasteiger partial charge in [0, 0.05) is 24.7 Å². The van der Waals surface area contributed by atoms with Crippen LogP contribution in [-0.4, -0.2) is 60.0 Å². The minimum absolute atomic E-state index is 0.0780. The van der Waals surface area contributed by atoms with Crippen molar-refractivity contribution in [3.05, 3.63) is 89.5 Å². The highest BCUT2D eigenvalue weighted by Gasteiger charge is 2.44. The zero-order valence-electron chi connectivity index (χ0n) is 31.3. The van der Waals surface area contributed by atoms with Crippen LogP contribution in [0.15, 0.2) is 76.7 Å². The van der Waals surface area contributed by atoms with E-state index in [0.29, 0.717) is 12.0 Å². The first-order valence-electron chi connectivity index (χ1n) is 16.1. The summed E-state index contributed by atoms with van der Waals surface area (Å²) >= 11 is 0. The molecule has 296 valence electrons. The van der Waals surface area contributed by atoms with Crippen molar-refractivity contribution in [2.24, 2.45) is 7.05 Å². The van der Waals surface area contributed by atoms with Crippen LogP contribution in [0.5, 0.6) is 5.75 Å². The van der Waals surface area contributed by atoms with Gasteiger partial charge >= 0.3 is 6.18 Å². The van der Waals surface area contributed by atoms with E-state index in [1.165, 1.54) is 75.9 Å². The van der Waals surface area contributed by atoms with Gasteiger partial charge in [0.15, 0.2) is 31.2 Å². The molecule has 0 unspecified atom stereocenters. The van der Waals surface area contributed by atoms with Gasteiger partial charge in [0.1, 0.15) is 21.1 Å². The summed E-state index contributed by atoms with van der Waals surface area (Å²) < 4.78 is 106. The smallest absolute Gasteiger partial charge is 0.417 e. The Balaban J connectivity index is 0.000000296. The van der Waals surface area contributed by atoms with Crippen LogP contribution in [0.1, 0.15) is 65.3 Å². The van der Waals surface area contributed by atoms with E-state index in [1.807, 2.05) is 26.8 Å². The first kappa shape index (κ1) is 44.0. The number of methoxy groups -OCH3 is 1. The summed E-state index contributed by atoms with van der Waals surface area (Å²) in [6.07, 6.45) is -4.04. The molecule has 0 saturated carbocycles. The van der Waals surface area contributed by atoms with Crippen molar-refractivity contribution in [2.75, 3.05) is 17.7 Å². The number of rotatable bonds is 9. The van der Waals surface area contributed by atoms with Crippen LogP contribution in [-0.2, 0) is 47.9 Å². The van der Waals surface area contributed by atoms with Gasteiger partial charge in [-0.3, -0.25) is 14.3 Å².